The fourth-order valence-electron chi connectivity index (χ4n) is 5.20. The number of carbonyl (C=O) groups excluding carboxylic acids is 1. The van der Waals surface area contributed by atoms with Gasteiger partial charge in [0.05, 0.1) is 41.9 Å². The lowest BCUT2D eigenvalue weighted by Crippen LogP contribution is -2.38. The van der Waals surface area contributed by atoms with E-state index in [1.165, 1.54) is 0 Å². The average Bonchev–Trinajstić information content (AvgIpc) is 3.60. The highest BCUT2D eigenvalue weighted by Crippen LogP contribution is 2.32. The molecular weight excluding hydrogens is 486 g/mol. The largest absolute Gasteiger partial charge is 0.507 e. The van der Waals surface area contributed by atoms with Crippen molar-refractivity contribution in [2.75, 3.05) is 46.1 Å². The van der Waals surface area contributed by atoms with E-state index in [-0.39, 0.29) is 22.8 Å². The van der Waals surface area contributed by atoms with Gasteiger partial charge in [0.1, 0.15) is 24.7 Å². The van der Waals surface area contributed by atoms with Gasteiger partial charge in [-0.2, -0.15) is 5.10 Å². The maximum absolute atomic E-state index is 13.5. The van der Waals surface area contributed by atoms with Gasteiger partial charge in [-0.3, -0.25) is 14.8 Å². The normalized spacial score (nSPS) is 18.9. The van der Waals surface area contributed by atoms with Crippen molar-refractivity contribution in [1.82, 2.24) is 20.0 Å². The summed E-state index contributed by atoms with van der Waals surface area (Å²) in [5, 5.41) is 18.8. The van der Waals surface area contributed by atoms with Crippen molar-refractivity contribution in [2.24, 2.45) is 4.99 Å². The summed E-state index contributed by atoms with van der Waals surface area (Å²) < 4.78 is 17.1. The Morgan fingerprint density at radius 3 is 2.76 bits per heavy atom. The van der Waals surface area contributed by atoms with Crippen molar-refractivity contribution < 1.29 is 24.1 Å². The van der Waals surface area contributed by atoms with Crippen LogP contribution in [0.5, 0.6) is 11.5 Å². The van der Waals surface area contributed by atoms with Gasteiger partial charge in [-0.1, -0.05) is 6.07 Å². The molecule has 1 fully saturated rings. The molecule has 10 nitrogen and oxygen atoms in total. The fourth-order valence-corrected chi connectivity index (χ4v) is 5.20. The summed E-state index contributed by atoms with van der Waals surface area (Å²) in [4.78, 5) is 22.2. The number of amides is 1. The number of hydrogen-bond donors (Lipinski definition) is 2. The number of hydrogen-bond acceptors (Lipinski definition) is 8. The summed E-state index contributed by atoms with van der Waals surface area (Å²) in [5.74, 6) is 1.13. The predicted octanol–water partition coefficient (Wildman–Crippen LogP) is 2.89. The van der Waals surface area contributed by atoms with E-state index in [4.69, 9.17) is 14.2 Å². The Balaban J connectivity index is 1.14. The lowest BCUT2D eigenvalue weighted by molar-refractivity contribution is 0.0322. The molecule has 3 aliphatic heterocycles. The minimum Gasteiger partial charge on any atom is -0.507 e. The molecule has 38 heavy (non-hydrogen) atoms. The van der Waals surface area contributed by atoms with E-state index in [1.807, 2.05) is 32.0 Å². The standard InChI is InChI=1S/C28H33N5O5/c1-28(2)17-38-26(29-28)14-24-21-12-22(25(34)13-23(21)30-31-24)27(35)33-15-18-3-4-20(11-19(18)16-33)37-10-7-32-5-8-36-9-6-32/h3-4,11-13,34H,5-10,14-17H2,1-2H3,(H,30,31). The number of carbonyl (C=O) groups is 1. The highest BCUT2D eigenvalue weighted by molar-refractivity contribution is 6.02. The zero-order chi connectivity index (χ0) is 26.3. The van der Waals surface area contributed by atoms with E-state index >= 15 is 0 Å². The van der Waals surface area contributed by atoms with E-state index in [2.05, 4.69) is 20.1 Å². The molecule has 0 unspecified atom stereocenters. The summed E-state index contributed by atoms with van der Waals surface area (Å²) in [6.07, 6.45) is 0.422. The van der Waals surface area contributed by atoms with E-state index in [9.17, 15) is 9.90 Å². The van der Waals surface area contributed by atoms with E-state index < -0.39 is 0 Å². The minimum atomic E-state index is -0.251. The van der Waals surface area contributed by atoms with Crippen LogP contribution in [0.3, 0.4) is 0 Å². The number of morpholine rings is 1. The van der Waals surface area contributed by atoms with Gasteiger partial charge in [0.25, 0.3) is 5.91 Å². The first-order valence-corrected chi connectivity index (χ1v) is 13.1. The second-order valence-corrected chi connectivity index (χ2v) is 10.8. The number of nitrogens with one attached hydrogen (secondary N) is 1. The predicted molar refractivity (Wildman–Crippen MR) is 142 cm³/mol. The average molecular weight is 520 g/mol. The van der Waals surface area contributed by atoms with Gasteiger partial charge in [-0.25, -0.2) is 4.99 Å². The third-order valence-electron chi connectivity index (χ3n) is 7.29. The summed E-state index contributed by atoms with van der Waals surface area (Å²) in [6.45, 7) is 10.4. The Morgan fingerprint density at radius 2 is 1.97 bits per heavy atom. The van der Waals surface area contributed by atoms with Crippen molar-refractivity contribution >= 4 is 22.7 Å². The quantitative estimate of drug-likeness (QED) is 0.494. The van der Waals surface area contributed by atoms with Crippen molar-refractivity contribution in [2.45, 2.75) is 38.9 Å². The molecule has 1 aromatic heterocycles. The molecule has 10 heteroatoms. The maximum atomic E-state index is 13.5. The first-order chi connectivity index (χ1) is 18.3. The van der Waals surface area contributed by atoms with E-state index in [0.29, 0.717) is 44.1 Å². The molecule has 3 aromatic rings. The van der Waals surface area contributed by atoms with Gasteiger partial charge in [-0.05, 0) is 43.2 Å². The van der Waals surface area contributed by atoms with Gasteiger partial charge in [0, 0.05) is 44.2 Å². The molecule has 200 valence electrons. The third kappa shape index (κ3) is 5.06. The molecule has 0 atom stereocenters. The maximum Gasteiger partial charge on any atom is 0.258 e. The van der Waals surface area contributed by atoms with Crippen LogP contribution in [-0.2, 0) is 29.0 Å². The van der Waals surface area contributed by atoms with Crippen LogP contribution in [0.1, 0.15) is 41.0 Å². The molecular formula is C28H33N5O5. The number of aromatic hydroxyl groups is 1. The summed E-state index contributed by atoms with van der Waals surface area (Å²) in [5.41, 5.74) is 3.54. The number of aromatic amines is 1. The molecule has 1 saturated heterocycles. The van der Waals surface area contributed by atoms with Gasteiger partial charge in [0.2, 0.25) is 0 Å². The van der Waals surface area contributed by atoms with Gasteiger partial charge in [-0.15, -0.1) is 0 Å². The number of aliphatic imine (C=N–C) groups is 1. The molecule has 2 aromatic carbocycles. The van der Waals surface area contributed by atoms with Crippen LogP contribution in [0, 0.1) is 0 Å². The molecule has 0 saturated carbocycles. The van der Waals surface area contributed by atoms with Crippen molar-refractivity contribution in [3.63, 3.8) is 0 Å². The van der Waals surface area contributed by atoms with Crippen LogP contribution in [0.25, 0.3) is 10.9 Å². The summed E-state index contributed by atoms with van der Waals surface area (Å²) in [6, 6.07) is 9.28. The fraction of sp³-hybridized carbons (Fsp3) is 0.464. The minimum absolute atomic E-state index is 0.0728. The molecule has 1 amide bonds. The second kappa shape index (κ2) is 9.92. The number of H-pyrrole nitrogens is 1. The van der Waals surface area contributed by atoms with E-state index in [0.717, 1.165) is 60.8 Å². The SMILES string of the molecule is CC1(C)COC(Cc2n[nH]c3cc(O)c(C(=O)N4Cc5ccc(OCCN6CCOCC6)cc5C4)cc23)=N1. The molecule has 0 radical (unpaired) electrons. The van der Waals surface area contributed by atoms with Crippen LogP contribution in [-0.4, -0.2) is 88.5 Å². The van der Waals surface area contributed by atoms with Crippen LogP contribution in [0.15, 0.2) is 35.3 Å². The number of aromatic nitrogens is 2. The number of fused-ring (bicyclic) bond motifs is 2. The number of benzene rings is 2. The van der Waals surface area contributed by atoms with Crippen LogP contribution in [0.2, 0.25) is 0 Å². The monoisotopic (exact) mass is 519 g/mol. The highest BCUT2D eigenvalue weighted by atomic mass is 16.5. The molecule has 4 heterocycles. The molecule has 0 bridgehead atoms. The van der Waals surface area contributed by atoms with Gasteiger partial charge in [0.15, 0.2) is 5.90 Å². The Hall–Kier alpha value is -3.63. The first kappa shape index (κ1) is 24.7. The number of rotatable bonds is 7. The number of phenolic OH excluding ortho intramolecular Hbond substituents is 1. The van der Waals surface area contributed by atoms with Crippen molar-refractivity contribution in [1.29, 1.82) is 0 Å². The molecule has 0 spiro atoms. The van der Waals surface area contributed by atoms with E-state index in [1.54, 1.807) is 17.0 Å². The molecule has 2 N–H and O–H groups in total. The van der Waals surface area contributed by atoms with Crippen molar-refractivity contribution in [3.8, 4) is 11.5 Å². The number of nitrogens with zero attached hydrogens (tertiary/aromatic N) is 4. The molecule has 3 aliphatic rings. The topological polar surface area (TPSA) is 113 Å². The molecule has 6 rings (SSSR count). The highest BCUT2D eigenvalue weighted by Gasteiger charge is 2.29. The molecule has 0 aliphatic carbocycles. The number of ether oxygens (including phenoxy) is 3. The summed E-state index contributed by atoms with van der Waals surface area (Å²) in [7, 11) is 0. The lowest BCUT2D eigenvalue weighted by atomic mass is 10.1. The Kier molecular flexibility index (Phi) is 6.45. The van der Waals surface area contributed by atoms with Crippen LogP contribution in [0.4, 0.5) is 0 Å². The second-order valence-electron chi connectivity index (χ2n) is 10.8. The van der Waals surface area contributed by atoms with Crippen LogP contribution >= 0.6 is 0 Å². The third-order valence-corrected chi connectivity index (χ3v) is 7.29. The Labute approximate surface area is 221 Å². The lowest BCUT2D eigenvalue weighted by Gasteiger charge is -2.26. The first-order valence-electron chi connectivity index (χ1n) is 13.1. The Morgan fingerprint density at radius 1 is 1.16 bits per heavy atom. The number of phenols is 1. The van der Waals surface area contributed by atoms with Gasteiger partial charge >= 0.3 is 0 Å². The Bertz CT molecular complexity index is 1390. The van der Waals surface area contributed by atoms with Crippen LogP contribution < -0.4 is 4.74 Å². The zero-order valence-corrected chi connectivity index (χ0v) is 21.8. The zero-order valence-electron chi connectivity index (χ0n) is 21.8. The van der Waals surface area contributed by atoms with Gasteiger partial charge < -0.3 is 24.2 Å². The summed E-state index contributed by atoms with van der Waals surface area (Å²) >= 11 is 0. The van der Waals surface area contributed by atoms with Crippen molar-refractivity contribution in [3.05, 3.63) is 52.7 Å². The smallest absolute Gasteiger partial charge is 0.258 e.